The minimum atomic E-state index is -0.238. The highest BCUT2D eigenvalue weighted by molar-refractivity contribution is 8.00. The number of hydrogen-bond acceptors (Lipinski definition) is 6. The lowest BCUT2D eigenvalue weighted by atomic mass is 10.1. The quantitative estimate of drug-likeness (QED) is 0.764. The van der Waals surface area contributed by atoms with Crippen LogP contribution in [0.25, 0.3) is 11.5 Å². The van der Waals surface area contributed by atoms with Crippen molar-refractivity contribution in [3.8, 4) is 11.5 Å². The predicted molar refractivity (Wildman–Crippen MR) is 98.5 cm³/mol. The Labute approximate surface area is 152 Å². The molecule has 2 heterocycles. The summed E-state index contributed by atoms with van der Waals surface area (Å²) in [6.07, 6.45) is 0. The molecule has 1 aliphatic heterocycles. The summed E-state index contributed by atoms with van der Waals surface area (Å²) in [7, 11) is 0. The van der Waals surface area contributed by atoms with Gasteiger partial charge in [-0.2, -0.15) is 0 Å². The lowest BCUT2D eigenvalue weighted by Gasteiger charge is -2.35. The Morgan fingerprint density at radius 1 is 1.24 bits per heavy atom. The molecule has 2 aromatic rings. The van der Waals surface area contributed by atoms with Gasteiger partial charge in [0.05, 0.1) is 5.25 Å². The molecule has 1 atom stereocenters. The topological polar surface area (TPSA) is 62.5 Å². The maximum absolute atomic E-state index is 12.6. The average molecular weight is 360 g/mol. The predicted octanol–water partition coefficient (Wildman–Crippen LogP) is 2.69. The van der Waals surface area contributed by atoms with Crippen molar-refractivity contribution in [3.05, 3.63) is 29.8 Å². The van der Waals surface area contributed by atoms with Gasteiger partial charge in [-0.15, -0.1) is 10.2 Å². The fraction of sp³-hybridized carbons (Fsp3) is 0.500. The third kappa shape index (κ3) is 4.22. The summed E-state index contributed by atoms with van der Waals surface area (Å²) < 4.78 is 5.75. The first-order valence-corrected chi connectivity index (χ1v) is 9.53. The van der Waals surface area contributed by atoms with Crippen molar-refractivity contribution in [2.45, 2.75) is 31.2 Å². The molecule has 1 aromatic carbocycles. The molecule has 1 aromatic heterocycles. The second kappa shape index (κ2) is 8.01. The molecule has 1 saturated heterocycles. The molecule has 0 saturated carbocycles. The lowest BCUT2D eigenvalue weighted by molar-refractivity contribution is -0.132. The van der Waals surface area contributed by atoms with E-state index in [1.807, 2.05) is 43.0 Å². The van der Waals surface area contributed by atoms with E-state index in [4.69, 9.17) is 4.42 Å². The Hall–Kier alpha value is -1.86. The van der Waals surface area contributed by atoms with Crippen molar-refractivity contribution in [2.24, 2.45) is 0 Å². The highest BCUT2D eigenvalue weighted by Gasteiger charge is 2.26. The van der Waals surface area contributed by atoms with Crippen LogP contribution in [0.4, 0.5) is 0 Å². The van der Waals surface area contributed by atoms with Crippen molar-refractivity contribution in [3.63, 3.8) is 0 Å². The second-order valence-corrected chi connectivity index (χ2v) is 7.50. The highest BCUT2D eigenvalue weighted by Crippen LogP contribution is 2.28. The van der Waals surface area contributed by atoms with Crippen LogP contribution in [0.1, 0.15) is 19.4 Å². The first-order chi connectivity index (χ1) is 12.1. The monoisotopic (exact) mass is 360 g/mol. The van der Waals surface area contributed by atoms with Gasteiger partial charge in [-0.1, -0.05) is 36.9 Å². The van der Waals surface area contributed by atoms with E-state index in [1.165, 1.54) is 11.8 Å². The molecule has 3 rings (SSSR count). The molecule has 7 heteroatoms. The number of nitrogens with zero attached hydrogens (tertiary/aromatic N) is 4. The van der Waals surface area contributed by atoms with Gasteiger partial charge in [-0.05, 0) is 32.0 Å². The summed E-state index contributed by atoms with van der Waals surface area (Å²) in [4.78, 5) is 16.9. The third-order valence-electron chi connectivity index (χ3n) is 4.54. The van der Waals surface area contributed by atoms with E-state index in [0.717, 1.165) is 43.9 Å². The van der Waals surface area contributed by atoms with Crippen LogP contribution in [-0.4, -0.2) is 63.9 Å². The Balaban J connectivity index is 1.61. The van der Waals surface area contributed by atoms with E-state index in [9.17, 15) is 4.79 Å². The highest BCUT2D eigenvalue weighted by atomic mass is 32.2. The maximum Gasteiger partial charge on any atom is 0.277 e. The maximum atomic E-state index is 12.6. The van der Waals surface area contributed by atoms with Crippen LogP contribution < -0.4 is 0 Å². The van der Waals surface area contributed by atoms with Gasteiger partial charge in [-0.25, -0.2) is 0 Å². The molecule has 1 fully saturated rings. The first-order valence-electron chi connectivity index (χ1n) is 8.65. The van der Waals surface area contributed by atoms with Crippen LogP contribution in [0, 0.1) is 6.92 Å². The Kier molecular flexibility index (Phi) is 5.75. The second-order valence-electron chi connectivity index (χ2n) is 6.21. The number of likely N-dealkylation sites (N-methyl/N-ethyl adjacent to an activating group) is 1. The minimum Gasteiger partial charge on any atom is -0.411 e. The third-order valence-corrected chi connectivity index (χ3v) is 5.46. The fourth-order valence-corrected chi connectivity index (χ4v) is 3.69. The summed E-state index contributed by atoms with van der Waals surface area (Å²) >= 11 is 1.33. The van der Waals surface area contributed by atoms with Gasteiger partial charge < -0.3 is 14.2 Å². The zero-order valence-electron chi connectivity index (χ0n) is 14.9. The van der Waals surface area contributed by atoms with E-state index in [0.29, 0.717) is 11.1 Å². The largest absolute Gasteiger partial charge is 0.411 e. The number of amides is 1. The molecule has 0 unspecified atom stereocenters. The summed E-state index contributed by atoms with van der Waals surface area (Å²) in [5, 5.41) is 8.42. The molecule has 0 N–H and O–H groups in total. The standard InChI is InChI=1S/C18H24N4O2S/c1-4-21-9-11-22(12-10-21)17(23)14(3)25-18-20-19-16(24-18)15-8-6-5-7-13(15)2/h5-8,14H,4,9-12H2,1-3H3/t14-/m1/s1. The van der Waals surface area contributed by atoms with Crippen molar-refractivity contribution < 1.29 is 9.21 Å². The number of aryl methyl sites for hydroxylation is 1. The molecular formula is C18H24N4O2S. The molecule has 0 bridgehead atoms. The van der Waals surface area contributed by atoms with Crippen molar-refractivity contribution in [1.82, 2.24) is 20.0 Å². The summed E-state index contributed by atoms with van der Waals surface area (Å²) in [5.41, 5.74) is 2.01. The summed E-state index contributed by atoms with van der Waals surface area (Å²) in [6, 6.07) is 7.89. The van der Waals surface area contributed by atoms with Gasteiger partial charge in [0, 0.05) is 31.7 Å². The number of thioether (sulfide) groups is 1. The smallest absolute Gasteiger partial charge is 0.277 e. The summed E-state index contributed by atoms with van der Waals surface area (Å²) in [6.45, 7) is 10.6. The number of aromatic nitrogens is 2. The zero-order valence-corrected chi connectivity index (χ0v) is 15.8. The van der Waals surface area contributed by atoms with Crippen molar-refractivity contribution in [1.29, 1.82) is 0 Å². The van der Waals surface area contributed by atoms with E-state index >= 15 is 0 Å². The van der Waals surface area contributed by atoms with Gasteiger partial charge in [0.2, 0.25) is 11.8 Å². The minimum absolute atomic E-state index is 0.136. The zero-order chi connectivity index (χ0) is 17.8. The number of carbonyl (C=O) groups is 1. The molecular weight excluding hydrogens is 336 g/mol. The Morgan fingerprint density at radius 2 is 1.96 bits per heavy atom. The van der Waals surface area contributed by atoms with Gasteiger partial charge in [0.25, 0.3) is 5.22 Å². The van der Waals surface area contributed by atoms with Gasteiger partial charge in [0.1, 0.15) is 0 Å². The molecule has 0 spiro atoms. The van der Waals surface area contributed by atoms with Gasteiger partial charge in [0.15, 0.2) is 0 Å². The fourth-order valence-electron chi connectivity index (χ4n) is 2.92. The van der Waals surface area contributed by atoms with Crippen LogP contribution in [0.15, 0.2) is 33.9 Å². The summed E-state index contributed by atoms with van der Waals surface area (Å²) in [5.74, 6) is 0.633. The average Bonchev–Trinajstić information content (AvgIpc) is 3.09. The van der Waals surface area contributed by atoms with Crippen LogP contribution in [-0.2, 0) is 4.79 Å². The van der Waals surface area contributed by atoms with E-state index in [1.54, 1.807) is 0 Å². The molecule has 1 aliphatic rings. The van der Waals surface area contributed by atoms with Crippen LogP contribution in [0.2, 0.25) is 0 Å². The number of rotatable bonds is 5. The van der Waals surface area contributed by atoms with E-state index < -0.39 is 0 Å². The van der Waals surface area contributed by atoms with Crippen LogP contribution in [0.5, 0.6) is 0 Å². The SMILES string of the molecule is CCN1CCN(C(=O)[C@@H](C)Sc2nnc(-c3ccccc3C)o2)CC1. The molecule has 134 valence electrons. The molecule has 0 aliphatic carbocycles. The van der Waals surface area contributed by atoms with Gasteiger partial charge in [-0.3, -0.25) is 4.79 Å². The lowest BCUT2D eigenvalue weighted by Crippen LogP contribution is -2.50. The molecule has 25 heavy (non-hydrogen) atoms. The van der Waals surface area contributed by atoms with Crippen molar-refractivity contribution in [2.75, 3.05) is 32.7 Å². The molecule has 6 nitrogen and oxygen atoms in total. The van der Waals surface area contributed by atoms with Crippen molar-refractivity contribution >= 4 is 17.7 Å². The van der Waals surface area contributed by atoms with E-state index in [2.05, 4.69) is 22.0 Å². The molecule has 0 radical (unpaired) electrons. The Bertz CT molecular complexity index is 725. The van der Waals surface area contributed by atoms with Crippen LogP contribution in [0.3, 0.4) is 0 Å². The number of carbonyl (C=O) groups excluding carboxylic acids is 1. The number of benzene rings is 1. The molecule has 1 amide bonds. The van der Waals surface area contributed by atoms with Gasteiger partial charge >= 0.3 is 0 Å². The van der Waals surface area contributed by atoms with Crippen LogP contribution >= 0.6 is 11.8 Å². The first kappa shape index (κ1) is 17.9. The number of hydrogen-bond donors (Lipinski definition) is 0. The Morgan fingerprint density at radius 3 is 2.64 bits per heavy atom. The van der Waals surface area contributed by atoms with E-state index in [-0.39, 0.29) is 11.2 Å². The number of piperazine rings is 1. The normalized spacial score (nSPS) is 16.8.